The van der Waals surface area contributed by atoms with Crippen molar-refractivity contribution in [3.8, 4) is 0 Å². The molecule has 0 bridgehead atoms. The molecule has 0 spiro atoms. The lowest BCUT2D eigenvalue weighted by molar-refractivity contribution is -0.873. The highest BCUT2D eigenvalue weighted by molar-refractivity contribution is 7.72. The molecule has 0 amide bonds. The number of aliphatic hydroxyl groups is 4. The first-order chi connectivity index (χ1) is 14.2. The first kappa shape index (κ1) is 28.8. The summed E-state index contributed by atoms with van der Waals surface area (Å²) in [6, 6.07) is 1.37. The summed E-state index contributed by atoms with van der Waals surface area (Å²) in [5.74, 6) is 0.0537. The summed E-state index contributed by atoms with van der Waals surface area (Å²) >= 11 is 0. The highest BCUT2D eigenvalue weighted by Crippen LogP contribution is 2.67. The summed E-state index contributed by atoms with van der Waals surface area (Å²) in [6.45, 7) is -1.21. The highest BCUT2D eigenvalue weighted by atomic mass is 31.2. The van der Waals surface area contributed by atoms with Crippen molar-refractivity contribution >= 4 is 21.0 Å². The molecule has 16 nitrogen and oxygen atoms in total. The largest absolute Gasteiger partial charge is 0.394 e. The second-order valence-corrected chi connectivity index (χ2v) is 12.1. The topological polar surface area (TPSA) is 266 Å². The minimum Gasteiger partial charge on any atom is -0.394 e. The van der Waals surface area contributed by atoms with Crippen LogP contribution in [0.5, 0.6) is 0 Å². The summed E-state index contributed by atoms with van der Waals surface area (Å²) in [6.07, 6.45) is -3.27. The van der Waals surface area contributed by atoms with Crippen molar-refractivity contribution in [3.63, 3.8) is 0 Å². The monoisotopic (exact) mass is 507 g/mol. The Morgan fingerprint density at radius 2 is 1.66 bits per heavy atom. The summed E-state index contributed by atoms with van der Waals surface area (Å²) in [5, 5.41) is 34.3. The zero-order valence-electron chi connectivity index (χ0n) is 17.4. The van der Waals surface area contributed by atoms with E-state index in [0.717, 1.165) is 4.57 Å². The van der Waals surface area contributed by atoms with E-state index >= 15 is 0 Å². The van der Waals surface area contributed by atoms with Crippen molar-refractivity contribution in [3.05, 3.63) is 22.7 Å². The minimum atomic E-state index is -5.33. The molecule has 1 aromatic heterocycles. The second-order valence-electron chi connectivity index (χ2n) is 8.08. The molecule has 2 heterocycles. The molecule has 0 aromatic carbocycles. The van der Waals surface area contributed by atoms with Gasteiger partial charge in [0, 0.05) is 6.20 Å². The summed E-state index contributed by atoms with van der Waals surface area (Å²) in [7, 11) is -6.34. The molecule has 1 aromatic rings. The number of ether oxygens (including phenoxy) is 1. The number of nitrogens with zero attached hydrogens (tertiary/aromatic N) is 3. The van der Waals surface area contributed by atoms with Crippen LogP contribution in [-0.4, -0.2) is 112 Å². The third-order valence-electron chi connectivity index (χ3n) is 4.26. The van der Waals surface area contributed by atoms with Gasteiger partial charge in [-0.2, -0.15) is 4.98 Å². The molecule has 0 aliphatic carbocycles. The smallest absolute Gasteiger partial charge is 0.375 e. The van der Waals surface area contributed by atoms with E-state index in [1.165, 1.54) is 33.4 Å². The molecule has 0 unspecified atom stereocenters. The Morgan fingerprint density at radius 1 is 1.16 bits per heavy atom. The SMILES string of the molecule is C[N+](C)(C)CC(O)(P(=O)(O)O)P(=O)(O)O.Nc1ccn([C@@H]2O[C@H](CO)[C@@H](O)[C@H]2O)c(=O)n1. The third-order valence-corrected chi connectivity index (χ3v) is 7.97. The average Bonchev–Trinajstić information content (AvgIpc) is 2.87. The van der Waals surface area contributed by atoms with Crippen molar-refractivity contribution < 1.29 is 58.3 Å². The first-order valence-electron chi connectivity index (χ1n) is 8.86. The van der Waals surface area contributed by atoms with E-state index in [9.17, 15) is 29.2 Å². The number of aliphatic hydroxyl groups excluding tert-OH is 3. The van der Waals surface area contributed by atoms with E-state index in [0.29, 0.717) is 0 Å². The van der Waals surface area contributed by atoms with Crippen LogP contribution in [0.15, 0.2) is 17.1 Å². The molecule has 0 saturated carbocycles. The van der Waals surface area contributed by atoms with E-state index in [-0.39, 0.29) is 10.3 Å². The van der Waals surface area contributed by atoms with Gasteiger partial charge >= 0.3 is 26.0 Å². The highest BCUT2D eigenvalue weighted by Gasteiger charge is 2.62. The van der Waals surface area contributed by atoms with E-state index in [1.54, 1.807) is 0 Å². The Morgan fingerprint density at radius 3 is 1.97 bits per heavy atom. The zero-order valence-corrected chi connectivity index (χ0v) is 19.2. The van der Waals surface area contributed by atoms with Gasteiger partial charge < -0.3 is 55.0 Å². The van der Waals surface area contributed by atoms with E-state index in [4.69, 9.17) is 35.2 Å². The number of likely N-dealkylation sites (N-methyl/N-ethyl adjacent to an activating group) is 1. The average molecular weight is 507 g/mol. The van der Waals surface area contributed by atoms with Gasteiger partial charge in [0.2, 0.25) is 0 Å². The van der Waals surface area contributed by atoms with Gasteiger partial charge in [0.25, 0.3) is 0 Å². The van der Waals surface area contributed by atoms with Crippen molar-refractivity contribution in [2.24, 2.45) is 0 Å². The molecular weight excluding hydrogens is 478 g/mol. The Hall–Kier alpha value is -1.26. The van der Waals surface area contributed by atoms with Gasteiger partial charge in [-0.1, -0.05) is 0 Å². The molecule has 186 valence electrons. The van der Waals surface area contributed by atoms with Crippen LogP contribution in [0.3, 0.4) is 0 Å². The number of quaternary nitrogens is 1. The molecule has 1 saturated heterocycles. The van der Waals surface area contributed by atoms with Gasteiger partial charge in [-0.25, -0.2) is 4.79 Å². The maximum absolute atomic E-state index is 11.5. The van der Waals surface area contributed by atoms with Crippen LogP contribution in [0.2, 0.25) is 0 Å². The Balaban J connectivity index is 0.000000324. The summed E-state index contributed by atoms with van der Waals surface area (Å²) < 4.78 is 27.8. The van der Waals surface area contributed by atoms with Gasteiger partial charge in [-0.15, -0.1) is 0 Å². The molecular formula is C14H29N4O12P2+. The van der Waals surface area contributed by atoms with E-state index in [1.807, 2.05) is 0 Å². The lowest BCUT2D eigenvalue weighted by atomic mass is 10.1. The van der Waals surface area contributed by atoms with Crippen LogP contribution >= 0.6 is 15.2 Å². The van der Waals surface area contributed by atoms with Gasteiger partial charge in [0.1, 0.15) is 30.7 Å². The normalized spacial score (nSPS) is 24.7. The van der Waals surface area contributed by atoms with Crippen molar-refractivity contribution in [1.82, 2.24) is 9.55 Å². The van der Waals surface area contributed by atoms with Gasteiger partial charge in [-0.05, 0) is 6.07 Å². The van der Waals surface area contributed by atoms with Crippen molar-refractivity contribution in [1.29, 1.82) is 0 Å². The lowest BCUT2D eigenvalue weighted by Gasteiger charge is -2.35. The Labute approximate surface area is 182 Å². The van der Waals surface area contributed by atoms with E-state index in [2.05, 4.69) is 4.98 Å². The number of nitrogens with two attached hydrogens (primary N) is 1. The number of hydrogen-bond acceptors (Lipinski definition) is 10. The number of aromatic nitrogens is 2. The predicted molar refractivity (Wildman–Crippen MR) is 108 cm³/mol. The Bertz CT molecular complexity index is 916. The molecule has 2 rings (SSSR count). The third kappa shape index (κ3) is 6.63. The molecule has 1 fully saturated rings. The van der Waals surface area contributed by atoms with Gasteiger partial charge in [-0.3, -0.25) is 13.7 Å². The Kier molecular flexibility index (Phi) is 8.93. The molecule has 1 aliphatic heterocycles. The maximum atomic E-state index is 11.5. The molecule has 1 aliphatic rings. The van der Waals surface area contributed by atoms with Crippen LogP contribution < -0.4 is 11.4 Å². The van der Waals surface area contributed by atoms with Crippen LogP contribution in [-0.2, 0) is 13.9 Å². The first-order valence-corrected chi connectivity index (χ1v) is 12.1. The van der Waals surface area contributed by atoms with Gasteiger partial charge in [0.15, 0.2) is 6.23 Å². The zero-order chi connectivity index (χ0) is 25.3. The molecule has 18 heteroatoms. The maximum Gasteiger partial charge on any atom is 0.375 e. The predicted octanol–water partition coefficient (Wildman–Crippen LogP) is -3.87. The fourth-order valence-electron chi connectivity index (χ4n) is 2.72. The van der Waals surface area contributed by atoms with Crippen LogP contribution in [0.4, 0.5) is 5.82 Å². The second kappa shape index (κ2) is 9.93. The van der Waals surface area contributed by atoms with Crippen molar-refractivity contribution in [2.75, 3.05) is 40.0 Å². The van der Waals surface area contributed by atoms with Crippen LogP contribution in [0.25, 0.3) is 0 Å². The fraction of sp³-hybridized carbons (Fsp3) is 0.714. The molecule has 32 heavy (non-hydrogen) atoms. The van der Waals surface area contributed by atoms with E-state index < -0.39 is 63.7 Å². The van der Waals surface area contributed by atoms with Crippen LogP contribution in [0.1, 0.15) is 6.23 Å². The minimum absolute atomic E-state index is 0.0537. The number of hydrogen-bond donors (Lipinski definition) is 9. The summed E-state index contributed by atoms with van der Waals surface area (Å²) in [4.78, 5) is 50.2. The molecule has 10 N–H and O–H groups in total. The molecule has 4 atom stereocenters. The van der Waals surface area contributed by atoms with Crippen LogP contribution in [0, 0.1) is 0 Å². The standard InChI is InChI=1S/C9H13N3O5.C5H15NO7P2/c10-5-1-2-12(9(16)11-5)8-7(15)6(14)4(3-13)17-8;1-6(2,3)4-5(7,14(8,9)10)15(11,12)13/h1-2,4,6-8,13-15H,3H2,(H2,10,11,16);7H,4H2,1-3H3,(H3-,8,9,10,11,12,13)/p+1/t4-,6-,7-,8-;/m1./s1. The lowest BCUT2D eigenvalue weighted by Crippen LogP contribution is -2.48. The van der Waals surface area contributed by atoms with Gasteiger partial charge in [0.05, 0.1) is 27.7 Å². The fourth-order valence-corrected chi connectivity index (χ4v) is 5.29. The number of rotatable bonds is 6. The number of nitrogen functional groups attached to an aromatic ring is 1. The van der Waals surface area contributed by atoms with Crippen molar-refractivity contribution in [2.45, 2.75) is 29.6 Å². The summed E-state index contributed by atoms with van der Waals surface area (Å²) in [5.41, 5.74) is 4.63. The number of anilines is 1. The molecule has 0 radical (unpaired) electrons. The quantitative estimate of drug-likeness (QED) is 0.132.